The lowest BCUT2D eigenvalue weighted by Gasteiger charge is -2.32. The summed E-state index contributed by atoms with van der Waals surface area (Å²) in [5.41, 5.74) is 0.495. The summed E-state index contributed by atoms with van der Waals surface area (Å²) in [6, 6.07) is 4.74. The van der Waals surface area contributed by atoms with Gasteiger partial charge in [0.05, 0.1) is 0 Å². The fourth-order valence-electron chi connectivity index (χ4n) is 2.29. The third-order valence-corrected chi connectivity index (χ3v) is 4.57. The van der Waals surface area contributed by atoms with E-state index in [1.54, 1.807) is 25.1 Å². The van der Waals surface area contributed by atoms with Crippen LogP contribution in [0.25, 0.3) is 0 Å². The van der Waals surface area contributed by atoms with E-state index in [-0.39, 0.29) is 22.7 Å². The molecule has 1 aromatic rings. The summed E-state index contributed by atoms with van der Waals surface area (Å²) in [5, 5.41) is 8.63. The maximum atomic E-state index is 12.0. The van der Waals surface area contributed by atoms with Crippen molar-refractivity contribution in [3.8, 4) is 5.75 Å². The van der Waals surface area contributed by atoms with Crippen molar-refractivity contribution in [1.82, 2.24) is 10.3 Å². The standard InChI is InChI=1S/C15H16ClN3O4S/c1-8(20)17-14-18-19(9(2)21)15(4,24-14)12-7-11(16)5-6-13(12)23-10(3)22/h5-7H,1-4H3,(H,17,18,20). The first-order valence-electron chi connectivity index (χ1n) is 6.98. The molecule has 1 aliphatic rings. The van der Waals surface area contributed by atoms with Gasteiger partial charge in [0, 0.05) is 31.4 Å². The number of thioether (sulfide) groups is 1. The van der Waals surface area contributed by atoms with Crippen molar-refractivity contribution in [2.75, 3.05) is 0 Å². The van der Waals surface area contributed by atoms with Crippen molar-refractivity contribution < 1.29 is 19.1 Å². The van der Waals surface area contributed by atoms with Crippen LogP contribution < -0.4 is 10.1 Å². The lowest BCUT2D eigenvalue weighted by Crippen LogP contribution is -2.38. The second-order valence-electron chi connectivity index (χ2n) is 5.24. The Balaban J connectivity index is 2.52. The van der Waals surface area contributed by atoms with Crippen LogP contribution in [0.1, 0.15) is 33.3 Å². The van der Waals surface area contributed by atoms with Gasteiger partial charge in [-0.1, -0.05) is 23.4 Å². The second kappa shape index (κ2) is 6.82. The van der Waals surface area contributed by atoms with Crippen LogP contribution in [0.4, 0.5) is 0 Å². The molecule has 128 valence electrons. The molecule has 1 aromatic carbocycles. The van der Waals surface area contributed by atoms with Crippen molar-refractivity contribution >= 4 is 46.3 Å². The number of nitrogens with zero attached hydrogens (tertiary/aromatic N) is 2. The largest absolute Gasteiger partial charge is 0.426 e. The van der Waals surface area contributed by atoms with E-state index in [9.17, 15) is 14.4 Å². The van der Waals surface area contributed by atoms with Crippen LogP contribution in [0.2, 0.25) is 5.02 Å². The highest BCUT2D eigenvalue weighted by Gasteiger charge is 2.46. The molecule has 1 atom stereocenters. The monoisotopic (exact) mass is 369 g/mol. The molecule has 0 aromatic heterocycles. The Hall–Kier alpha value is -2.06. The van der Waals surface area contributed by atoms with Gasteiger partial charge in [-0.15, -0.1) is 5.10 Å². The number of hydrogen-bond acceptors (Lipinski definition) is 6. The van der Waals surface area contributed by atoms with E-state index >= 15 is 0 Å². The number of ether oxygens (including phenoxy) is 1. The van der Waals surface area contributed by atoms with Gasteiger partial charge in [-0.05, 0) is 25.1 Å². The molecule has 1 N–H and O–H groups in total. The van der Waals surface area contributed by atoms with E-state index in [1.165, 1.54) is 25.8 Å². The first-order valence-corrected chi connectivity index (χ1v) is 8.17. The highest BCUT2D eigenvalue weighted by Crippen LogP contribution is 2.48. The number of amidine groups is 1. The third kappa shape index (κ3) is 3.70. The Labute approximate surface area is 148 Å². The first-order chi connectivity index (χ1) is 11.1. The molecule has 2 rings (SSSR count). The zero-order chi connectivity index (χ0) is 18.1. The molecule has 0 saturated heterocycles. The van der Waals surface area contributed by atoms with E-state index in [4.69, 9.17) is 16.3 Å². The maximum absolute atomic E-state index is 12.0. The van der Waals surface area contributed by atoms with Crippen LogP contribution in [0.5, 0.6) is 5.75 Å². The molecule has 0 bridgehead atoms. The molecular weight excluding hydrogens is 354 g/mol. The number of amides is 2. The van der Waals surface area contributed by atoms with E-state index in [2.05, 4.69) is 10.4 Å². The van der Waals surface area contributed by atoms with Gasteiger partial charge >= 0.3 is 5.97 Å². The van der Waals surface area contributed by atoms with Crippen LogP contribution in [0.3, 0.4) is 0 Å². The number of hydrazone groups is 1. The van der Waals surface area contributed by atoms with E-state index in [0.29, 0.717) is 10.6 Å². The molecule has 0 fully saturated rings. The summed E-state index contributed by atoms with van der Waals surface area (Å²) >= 11 is 7.24. The minimum Gasteiger partial charge on any atom is -0.426 e. The van der Waals surface area contributed by atoms with Gasteiger partial charge in [0.2, 0.25) is 11.8 Å². The van der Waals surface area contributed by atoms with Gasteiger partial charge in [-0.3, -0.25) is 14.4 Å². The normalized spacial score (nSPS) is 19.7. The summed E-state index contributed by atoms with van der Waals surface area (Å²) in [6.07, 6.45) is 0. The third-order valence-electron chi connectivity index (χ3n) is 3.17. The fraction of sp³-hybridized carbons (Fsp3) is 0.333. The average molecular weight is 370 g/mol. The Bertz CT molecular complexity index is 752. The molecule has 0 saturated carbocycles. The summed E-state index contributed by atoms with van der Waals surface area (Å²) in [4.78, 5) is 33.7. The van der Waals surface area contributed by atoms with Crippen molar-refractivity contribution in [2.45, 2.75) is 32.6 Å². The lowest BCUT2D eigenvalue weighted by molar-refractivity contribution is -0.132. The number of nitrogens with one attached hydrogen (secondary N) is 1. The summed E-state index contributed by atoms with van der Waals surface area (Å²) in [7, 11) is 0. The number of carbonyl (C=O) groups is 3. The van der Waals surface area contributed by atoms with Gasteiger partial charge in [-0.2, -0.15) is 0 Å². The molecule has 1 aliphatic heterocycles. The van der Waals surface area contributed by atoms with E-state index in [1.807, 2.05) is 0 Å². The van der Waals surface area contributed by atoms with Crippen molar-refractivity contribution in [1.29, 1.82) is 0 Å². The van der Waals surface area contributed by atoms with Crippen LogP contribution in [-0.4, -0.2) is 28.0 Å². The van der Waals surface area contributed by atoms with Crippen molar-refractivity contribution in [2.24, 2.45) is 5.10 Å². The van der Waals surface area contributed by atoms with Crippen LogP contribution >= 0.6 is 23.4 Å². The van der Waals surface area contributed by atoms with Gasteiger partial charge in [0.15, 0.2) is 5.17 Å². The SMILES string of the molecule is CC(=O)NC1=NN(C(C)=O)C(C)(c2cc(Cl)ccc2OC(C)=O)S1. The summed E-state index contributed by atoms with van der Waals surface area (Å²) < 4.78 is 5.24. The molecule has 7 nitrogen and oxygen atoms in total. The Kier molecular flexibility index (Phi) is 5.19. The topological polar surface area (TPSA) is 88.1 Å². The van der Waals surface area contributed by atoms with Crippen LogP contribution in [-0.2, 0) is 19.3 Å². The fourth-order valence-corrected chi connectivity index (χ4v) is 3.68. The molecule has 9 heteroatoms. The molecule has 0 radical (unpaired) electrons. The smallest absolute Gasteiger partial charge is 0.308 e. The highest BCUT2D eigenvalue weighted by molar-refractivity contribution is 8.14. The predicted molar refractivity (Wildman–Crippen MR) is 91.5 cm³/mol. The van der Waals surface area contributed by atoms with Gasteiger partial charge < -0.3 is 10.1 Å². The molecular formula is C15H16ClN3O4S. The molecule has 1 heterocycles. The number of halogens is 1. The minimum atomic E-state index is -1.03. The van der Waals surface area contributed by atoms with Crippen LogP contribution in [0, 0.1) is 0 Å². The number of rotatable bonds is 2. The quantitative estimate of drug-likeness (QED) is 0.639. The first kappa shape index (κ1) is 18.3. The molecule has 24 heavy (non-hydrogen) atoms. The summed E-state index contributed by atoms with van der Waals surface area (Å²) in [5.74, 6) is -0.866. The van der Waals surface area contributed by atoms with Crippen molar-refractivity contribution in [3.05, 3.63) is 28.8 Å². The molecule has 0 spiro atoms. The molecule has 2 amide bonds. The Morgan fingerprint density at radius 1 is 1.29 bits per heavy atom. The van der Waals surface area contributed by atoms with E-state index < -0.39 is 10.8 Å². The number of hydrogen-bond donors (Lipinski definition) is 1. The van der Waals surface area contributed by atoms with Crippen molar-refractivity contribution in [3.63, 3.8) is 0 Å². The van der Waals surface area contributed by atoms with Crippen LogP contribution in [0.15, 0.2) is 23.3 Å². The highest BCUT2D eigenvalue weighted by atomic mass is 35.5. The number of benzene rings is 1. The van der Waals surface area contributed by atoms with Gasteiger partial charge in [0.25, 0.3) is 0 Å². The molecule has 1 unspecified atom stereocenters. The Morgan fingerprint density at radius 2 is 1.96 bits per heavy atom. The average Bonchev–Trinajstić information content (AvgIpc) is 2.77. The van der Waals surface area contributed by atoms with E-state index in [0.717, 1.165) is 11.8 Å². The number of carbonyl (C=O) groups excluding carboxylic acids is 3. The molecule has 0 aliphatic carbocycles. The van der Waals surface area contributed by atoms with Gasteiger partial charge in [-0.25, -0.2) is 5.01 Å². The Morgan fingerprint density at radius 3 is 2.50 bits per heavy atom. The zero-order valence-electron chi connectivity index (χ0n) is 13.5. The zero-order valence-corrected chi connectivity index (χ0v) is 15.1. The summed E-state index contributed by atoms with van der Waals surface area (Å²) in [6.45, 7) is 5.72. The second-order valence-corrected chi connectivity index (χ2v) is 7.06. The minimum absolute atomic E-state index is 0.271. The lowest BCUT2D eigenvalue weighted by atomic mass is 10.1. The van der Waals surface area contributed by atoms with Gasteiger partial charge in [0.1, 0.15) is 10.6 Å². The number of esters is 1. The maximum Gasteiger partial charge on any atom is 0.308 e. The predicted octanol–water partition coefficient (Wildman–Crippen LogP) is 2.44.